The Kier molecular flexibility index (Phi) is 7.95. The number of hydrogen-bond donors (Lipinski definition) is 1. The molecule has 4 rings (SSSR count). The zero-order valence-electron chi connectivity index (χ0n) is 20.1. The second-order valence-corrected chi connectivity index (χ2v) is 8.20. The summed E-state index contributed by atoms with van der Waals surface area (Å²) < 4.78 is 13.5. The molecule has 4 aromatic rings. The van der Waals surface area contributed by atoms with E-state index in [2.05, 4.69) is 46.2 Å². The van der Waals surface area contributed by atoms with Crippen molar-refractivity contribution in [2.24, 2.45) is 5.10 Å². The van der Waals surface area contributed by atoms with Crippen LogP contribution in [0.15, 0.2) is 77.9 Å². The van der Waals surface area contributed by atoms with Gasteiger partial charge in [-0.15, -0.1) is 0 Å². The van der Waals surface area contributed by atoms with Crippen LogP contribution in [0, 0.1) is 4.77 Å². The van der Waals surface area contributed by atoms with Crippen molar-refractivity contribution in [3.8, 4) is 22.9 Å². The Hall–Kier alpha value is -3.91. The lowest BCUT2D eigenvalue weighted by Gasteiger charge is -2.20. The zero-order valence-corrected chi connectivity index (χ0v) is 21.0. The Morgan fingerprint density at radius 2 is 1.74 bits per heavy atom. The highest BCUT2D eigenvalue weighted by molar-refractivity contribution is 7.71. The first-order chi connectivity index (χ1) is 17.1. The predicted molar refractivity (Wildman–Crippen MR) is 143 cm³/mol. The molecule has 3 aromatic carbocycles. The van der Waals surface area contributed by atoms with E-state index in [1.54, 1.807) is 18.0 Å². The maximum atomic E-state index is 6.02. The minimum Gasteiger partial charge on any atom is -0.493 e. The molecule has 8 heteroatoms. The molecule has 0 saturated carbocycles. The maximum absolute atomic E-state index is 6.02. The average molecular weight is 488 g/mol. The van der Waals surface area contributed by atoms with Crippen LogP contribution in [0.1, 0.15) is 25.0 Å². The summed E-state index contributed by atoms with van der Waals surface area (Å²) in [6.07, 6.45) is 1.73. The summed E-state index contributed by atoms with van der Waals surface area (Å²) in [6, 6.07) is 23.9. The number of ether oxygens (including phenoxy) is 2. The third kappa shape index (κ3) is 5.78. The average Bonchev–Trinajstić information content (AvgIpc) is 3.28. The Bertz CT molecular complexity index is 1330. The van der Waals surface area contributed by atoms with Crippen molar-refractivity contribution in [3.05, 3.63) is 88.7 Å². The van der Waals surface area contributed by atoms with Gasteiger partial charge in [-0.05, 0) is 79.7 Å². The van der Waals surface area contributed by atoms with Gasteiger partial charge in [-0.25, -0.2) is 5.10 Å². The molecule has 0 radical (unpaired) electrons. The summed E-state index contributed by atoms with van der Waals surface area (Å²) in [5.41, 5.74) is 4.02. The minimum atomic E-state index is 0.415. The van der Waals surface area contributed by atoms with Crippen LogP contribution in [0.2, 0.25) is 0 Å². The molecule has 1 aromatic heterocycles. The number of rotatable bonds is 10. The first-order valence-corrected chi connectivity index (χ1v) is 12.0. The predicted octanol–water partition coefficient (Wildman–Crippen LogP) is 5.92. The van der Waals surface area contributed by atoms with Crippen LogP contribution >= 0.6 is 12.2 Å². The molecular weight excluding hydrogens is 458 g/mol. The van der Waals surface area contributed by atoms with Crippen molar-refractivity contribution < 1.29 is 9.47 Å². The van der Waals surface area contributed by atoms with Crippen LogP contribution in [-0.2, 0) is 6.61 Å². The van der Waals surface area contributed by atoms with Crippen molar-refractivity contribution in [2.75, 3.05) is 25.1 Å². The summed E-state index contributed by atoms with van der Waals surface area (Å²) in [7, 11) is 1.63. The maximum Gasteiger partial charge on any atom is 0.216 e. The van der Waals surface area contributed by atoms with E-state index in [0.29, 0.717) is 28.7 Å². The van der Waals surface area contributed by atoms with Crippen LogP contribution in [-0.4, -0.2) is 41.3 Å². The van der Waals surface area contributed by atoms with E-state index in [4.69, 9.17) is 21.7 Å². The first-order valence-electron chi connectivity index (χ1n) is 11.5. The number of H-pyrrole nitrogens is 1. The Morgan fingerprint density at radius 3 is 2.43 bits per heavy atom. The number of aromatic amines is 1. The second kappa shape index (κ2) is 11.5. The molecule has 1 N–H and O–H groups in total. The molecule has 0 saturated heterocycles. The van der Waals surface area contributed by atoms with E-state index in [9.17, 15) is 0 Å². The van der Waals surface area contributed by atoms with Crippen LogP contribution in [0.25, 0.3) is 11.4 Å². The van der Waals surface area contributed by atoms with E-state index in [1.807, 2.05) is 60.7 Å². The summed E-state index contributed by atoms with van der Waals surface area (Å²) in [5.74, 6) is 1.95. The largest absolute Gasteiger partial charge is 0.493 e. The van der Waals surface area contributed by atoms with Gasteiger partial charge in [0.15, 0.2) is 17.3 Å². The lowest BCUT2D eigenvalue weighted by atomic mass is 10.2. The number of nitrogens with zero attached hydrogens (tertiary/aromatic N) is 4. The van der Waals surface area contributed by atoms with E-state index in [0.717, 1.165) is 29.8 Å². The molecule has 7 nitrogen and oxygen atoms in total. The molecule has 0 amide bonds. The highest BCUT2D eigenvalue weighted by Gasteiger charge is 2.10. The molecule has 0 aliphatic heterocycles. The van der Waals surface area contributed by atoms with Gasteiger partial charge < -0.3 is 14.4 Å². The first kappa shape index (κ1) is 24.2. The third-order valence-corrected chi connectivity index (χ3v) is 5.92. The van der Waals surface area contributed by atoms with Gasteiger partial charge in [0.05, 0.1) is 13.3 Å². The molecule has 0 aliphatic rings. The fraction of sp³-hybridized carbons (Fsp3) is 0.222. The van der Waals surface area contributed by atoms with Gasteiger partial charge in [0, 0.05) is 24.3 Å². The third-order valence-electron chi connectivity index (χ3n) is 5.65. The molecule has 180 valence electrons. The monoisotopic (exact) mass is 487 g/mol. The summed E-state index contributed by atoms with van der Waals surface area (Å²) in [6.45, 7) is 6.65. The lowest BCUT2D eigenvalue weighted by Crippen LogP contribution is -2.21. The minimum absolute atomic E-state index is 0.415. The number of benzene rings is 3. The fourth-order valence-electron chi connectivity index (χ4n) is 3.74. The van der Waals surface area contributed by atoms with Crippen LogP contribution in [0.5, 0.6) is 11.5 Å². The second-order valence-electron chi connectivity index (χ2n) is 7.81. The van der Waals surface area contributed by atoms with Gasteiger partial charge in [0.1, 0.15) is 6.61 Å². The number of hydrogen-bond acceptors (Lipinski definition) is 6. The summed E-state index contributed by atoms with van der Waals surface area (Å²) in [4.78, 5) is 2.29. The quantitative estimate of drug-likeness (QED) is 0.222. The van der Waals surface area contributed by atoms with Crippen molar-refractivity contribution in [2.45, 2.75) is 20.5 Å². The molecule has 0 unspecified atom stereocenters. The lowest BCUT2D eigenvalue weighted by molar-refractivity contribution is 0.284. The molecule has 1 heterocycles. The molecule has 0 aliphatic carbocycles. The summed E-state index contributed by atoms with van der Waals surface area (Å²) in [5, 5.41) is 11.8. The molecule has 35 heavy (non-hydrogen) atoms. The Balaban J connectivity index is 1.56. The Morgan fingerprint density at radius 1 is 1.00 bits per heavy atom. The number of nitrogens with one attached hydrogen (secondary N) is 1. The van der Waals surface area contributed by atoms with E-state index >= 15 is 0 Å². The van der Waals surface area contributed by atoms with Crippen molar-refractivity contribution in [1.82, 2.24) is 14.9 Å². The van der Waals surface area contributed by atoms with Crippen molar-refractivity contribution in [1.29, 1.82) is 0 Å². The zero-order chi connectivity index (χ0) is 24.6. The van der Waals surface area contributed by atoms with Gasteiger partial charge in [-0.1, -0.05) is 30.3 Å². The SMILES string of the molecule is CCN(CC)c1ccc(-c2n[nH]c(=S)n2N=Cc2ccc(OC)c(OCc3ccccc3)c2)cc1. The van der Waals surface area contributed by atoms with Gasteiger partial charge >= 0.3 is 0 Å². The van der Waals surface area contributed by atoms with Crippen molar-refractivity contribution >= 4 is 24.1 Å². The normalized spacial score (nSPS) is 11.1. The van der Waals surface area contributed by atoms with Crippen LogP contribution < -0.4 is 14.4 Å². The van der Waals surface area contributed by atoms with Crippen LogP contribution in [0.3, 0.4) is 0 Å². The van der Waals surface area contributed by atoms with Gasteiger partial charge in [-0.2, -0.15) is 14.9 Å². The number of methoxy groups -OCH3 is 1. The smallest absolute Gasteiger partial charge is 0.216 e. The molecule has 0 atom stereocenters. The van der Waals surface area contributed by atoms with E-state index < -0.39 is 0 Å². The van der Waals surface area contributed by atoms with Gasteiger partial charge in [0.25, 0.3) is 0 Å². The highest BCUT2D eigenvalue weighted by atomic mass is 32.1. The van der Waals surface area contributed by atoms with Crippen LogP contribution in [0.4, 0.5) is 5.69 Å². The molecular formula is C27H29N5O2S. The highest BCUT2D eigenvalue weighted by Crippen LogP contribution is 2.28. The molecule has 0 fully saturated rings. The van der Waals surface area contributed by atoms with E-state index in [1.165, 1.54) is 5.69 Å². The fourth-order valence-corrected chi connectivity index (χ4v) is 3.92. The number of anilines is 1. The van der Waals surface area contributed by atoms with Gasteiger partial charge in [-0.3, -0.25) is 0 Å². The van der Waals surface area contributed by atoms with E-state index in [-0.39, 0.29) is 0 Å². The molecule has 0 bridgehead atoms. The number of aromatic nitrogens is 3. The molecule has 0 spiro atoms. The van der Waals surface area contributed by atoms with Gasteiger partial charge in [0.2, 0.25) is 4.77 Å². The topological polar surface area (TPSA) is 67.7 Å². The summed E-state index contributed by atoms with van der Waals surface area (Å²) >= 11 is 5.43. The Labute approximate surface area is 210 Å². The van der Waals surface area contributed by atoms with Crippen molar-refractivity contribution in [3.63, 3.8) is 0 Å². The standard InChI is InChI=1S/C27H29N5O2S/c1-4-31(5-2)23-14-12-22(13-15-23)26-29-30-27(35)32(26)28-18-21-11-16-24(33-3)25(17-21)34-19-20-9-7-6-8-10-20/h6-18H,4-5,19H2,1-3H3,(H,30,35).